The quantitative estimate of drug-likeness (QED) is 0.513. The van der Waals surface area contributed by atoms with E-state index >= 15 is 0 Å². The van der Waals surface area contributed by atoms with Crippen LogP contribution in [0.3, 0.4) is 0 Å². The standard InChI is InChI=1S/C15H11BrN2O2S/c16-13-6-5-11(18(19)20)7-14(13)17-8-10-9-21-15-4-2-1-3-12(10)15/h1-7,9,17H,8H2. The van der Waals surface area contributed by atoms with Crippen molar-refractivity contribution >= 4 is 48.7 Å². The predicted molar refractivity (Wildman–Crippen MR) is 89.9 cm³/mol. The van der Waals surface area contributed by atoms with Crippen molar-refractivity contribution in [3.63, 3.8) is 0 Å². The summed E-state index contributed by atoms with van der Waals surface area (Å²) < 4.78 is 2.06. The van der Waals surface area contributed by atoms with Gasteiger partial charge < -0.3 is 5.32 Å². The van der Waals surface area contributed by atoms with Crippen LogP contribution in [0.1, 0.15) is 5.56 Å². The monoisotopic (exact) mass is 362 g/mol. The second kappa shape index (κ2) is 5.83. The molecule has 0 spiro atoms. The minimum Gasteiger partial charge on any atom is -0.380 e. The van der Waals surface area contributed by atoms with E-state index in [9.17, 15) is 10.1 Å². The van der Waals surface area contributed by atoms with E-state index in [2.05, 4.69) is 38.8 Å². The van der Waals surface area contributed by atoms with Crippen LogP contribution < -0.4 is 5.32 Å². The number of thiophene rings is 1. The van der Waals surface area contributed by atoms with Crippen molar-refractivity contribution in [2.24, 2.45) is 0 Å². The summed E-state index contributed by atoms with van der Waals surface area (Å²) in [6.45, 7) is 0.629. The Kier molecular flexibility index (Phi) is 3.90. The van der Waals surface area contributed by atoms with Crippen LogP contribution >= 0.6 is 27.3 Å². The maximum Gasteiger partial charge on any atom is 0.271 e. The van der Waals surface area contributed by atoms with Gasteiger partial charge in [0, 0.05) is 27.9 Å². The maximum atomic E-state index is 10.8. The molecule has 0 unspecified atom stereocenters. The van der Waals surface area contributed by atoms with Crippen molar-refractivity contribution in [3.8, 4) is 0 Å². The van der Waals surface area contributed by atoms with Gasteiger partial charge in [0.2, 0.25) is 0 Å². The van der Waals surface area contributed by atoms with Gasteiger partial charge in [0.15, 0.2) is 0 Å². The zero-order valence-electron chi connectivity index (χ0n) is 10.9. The Morgan fingerprint density at radius 1 is 1.24 bits per heavy atom. The molecular weight excluding hydrogens is 352 g/mol. The van der Waals surface area contributed by atoms with Crippen molar-refractivity contribution in [2.45, 2.75) is 6.54 Å². The summed E-state index contributed by atoms with van der Waals surface area (Å²) in [7, 11) is 0. The van der Waals surface area contributed by atoms with Gasteiger partial charge in [-0.15, -0.1) is 11.3 Å². The van der Waals surface area contributed by atoms with Crippen molar-refractivity contribution < 1.29 is 4.92 Å². The number of fused-ring (bicyclic) bond motifs is 1. The first-order valence-electron chi connectivity index (χ1n) is 6.28. The fourth-order valence-corrected chi connectivity index (χ4v) is 3.47. The number of halogens is 1. The van der Waals surface area contributed by atoms with Crippen LogP contribution in [0, 0.1) is 10.1 Å². The topological polar surface area (TPSA) is 55.2 Å². The lowest BCUT2D eigenvalue weighted by atomic mass is 10.2. The molecule has 1 N–H and O–H groups in total. The number of hydrogen-bond donors (Lipinski definition) is 1. The Labute approximate surface area is 133 Å². The number of hydrogen-bond acceptors (Lipinski definition) is 4. The van der Waals surface area contributed by atoms with E-state index in [1.165, 1.54) is 21.7 Å². The molecule has 4 nitrogen and oxygen atoms in total. The van der Waals surface area contributed by atoms with Crippen molar-refractivity contribution in [3.05, 3.63) is 68.0 Å². The Morgan fingerprint density at radius 2 is 2.05 bits per heavy atom. The van der Waals surface area contributed by atoms with Gasteiger partial charge in [-0.25, -0.2) is 0 Å². The lowest BCUT2D eigenvalue weighted by Crippen LogP contribution is -2.00. The number of non-ortho nitro benzene ring substituents is 1. The zero-order chi connectivity index (χ0) is 14.8. The largest absolute Gasteiger partial charge is 0.380 e. The third-order valence-electron chi connectivity index (χ3n) is 3.19. The van der Waals surface area contributed by atoms with E-state index in [0.29, 0.717) is 6.54 Å². The van der Waals surface area contributed by atoms with Crippen LogP contribution in [-0.2, 0) is 6.54 Å². The lowest BCUT2D eigenvalue weighted by molar-refractivity contribution is -0.384. The van der Waals surface area contributed by atoms with Crippen molar-refractivity contribution in [1.29, 1.82) is 0 Å². The number of nitro benzene ring substituents is 1. The van der Waals surface area contributed by atoms with Gasteiger partial charge in [-0.2, -0.15) is 0 Å². The molecule has 0 aliphatic carbocycles. The number of nitrogens with one attached hydrogen (secondary N) is 1. The highest BCUT2D eigenvalue weighted by molar-refractivity contribution is 9.10. The highest BCUT2D eigenvalue weighted by Gasteiger charge is 2.10. The molecule has 21 heavy (non-hydrogen) atoms. The SMILES string of the molecule is O=[N+]([O-])c1ccc(Br)c(NCc2csc3ccccc23)c1. The number of benzene rings is 2. The third kappa shape index (κ3) is 2.91. The second-order valence-corrected chi connectivity index (χ2v) is 6.30. The van der Waals surface area contributed by atoms with E-state index in [1.807, 2.05) is 12.1 Å². The summed E-state index contributed by atoms with van der Waals surface area (Å²) in [6, 6.07) is 12.9. The van der Waals surface area contributed by atoms with Gasteiger partial charge in [-0.3, -0.25) is 10.1 Å². The van der Waals surface area contributed by atoms with Gasteiger partial charge in [-0.05, 0) is 44.4 Å². The number of nitrogens with zero attached hydrogens (tertiary/aromatic N) is 1. The minimum atomic E-state index is -0.391. The van der Waals surface area contributed by atoms with Gasteiger partial charge in [0.25, 0.3) is 5.69 Å². The van der Waals surface area contributed by atoms with E-state index in [-0.39, 0.29) is 5.69 Å². The fraction of sp³-hybridized carbons (Fsp3) is 0.0667. The van der Waals surface area contributed by atoms with Gasteiger partial charge in [-0.1, -0.05) is 18.2 Å². The van der Waals surface area contributed by atoms with Gasteiger partial charge in [0.05, 0.1) is 10.6 Å². The van der Waals surface area contributed by atoms with Crippen LogP contribution in [0.25, 0.3) is 10.1 Å². The molecule has 1 aromatic heterocycles. The average molecular weight is 363 g/mol. The Hall–Kier alpha value is -1.92. The van der Waals surface area contributed by atoms with Crippen molar-refractivity contribution in [1.82, 2.24) is 0 Å². The molecule has 1 heterocycles. The predicted octanol–water partition coefficient (Wildman–Crippen LogP) is 5.18. The lowest BCUT2D eigenvalue weighted by Gasteiger charge is -2.08. The Morgan fingerprint density at radius 3 is 2.86 bits per heavy atom. The number of anilines is 1. The summed E-state index contributed by atoms with van der Waals surface area (Å²) in [5, 5.41) is 17.4. The summed E-state index contributed by atoms with van der Waals surface area (Å²) >= 11 is 5.11. The molecule has 106 valence electrons. The first kappa shape index (κ1) is 14.0. The highest BCUT2D eigenvalue weighted by Crippen LogP contribution is 2.30. The fourth-order valence-electron chi connectivity index (χ4n) is 2.12. The van der Waals surface area contributed by atoms with Crippen LogP contribution in [0.4, 0.5) is 11.4 Å². The van der Waals surface area contributed by atoms with Gasteiger partial charge in [0.1, 0.15) is 0 Å². The van der Waals surface area contributed by atoms with E-state index in [4.69, 9.17) is 0 Å². The van der Waals surface area contributed by atoms with Gasteiger partial charge >= 0.3 is 0 Å². The first-order chi connectivity index (χ1) is 10.1. The molecule has 0 atom stereocenters. The third-order valence-corrected chi connectivity index (χ3v) is 4.90. The minimum absolute atomic E-state index is 0.0795. The van der Waals surface area contributed by atoms with E-state index < -0.39 is 4.92 Å². The highest BCUT2D eigenvalue weighted by atomic mass is 79.9. The smallest absolute Gasteiger partial charge is 0.271 e. The van der Waals surface area contributed by atoms with Crippen molar-refractivity contribution in [2.75, 3.05) is 5.32 Å². The van der Waals surface area contributed by atoms with E-state index in [1.54, 1.807) is 23.5 Å². The molecule has 0 aliphatic rings. The second-order valence-electron chi connectivity index (χ2n) is 4.53. The maximum absolute atomic E-state index is 10.8. The van der Waals surface area contributed by atoms with Crippen LogP contribution in [0.2, 0.25) is 0 Å². The Bertz CT molecular complexity index is 816. The number of rotatable bonds is 4. The molecule has 0 amide bonds. The molecular formula is C15H11BrN2O2S. The van der Waals surface area contributed by atoms with E-state index in [0.717, 1.165) is 10.2 Å². The molecule has 0 saturated heterocycles. The molecule has 0 bridgehead atoms. The number of nitro groups is 1. The van der Waals surface area contributed by atoms with Crippen LogP contribution in [0.15, 0.2) is 52.3 Å². The molecule has 0 saturated carbocycles. The molecule has 3 rings (SSSR count). The zero-order valence-corrected chi connectivity index (χ0v) is 13.3. The molecule has 0 fully saturated rings. The molecule has 0 aliphatic heterocycles. The molecule has 3 aromatic rings. The molecule has 2 aromatic carbocycles. The summed E-state index contributed by atoms with van der Waals surface area (Å²) in [5.74, 6) is 0. The first-order valence-corrected chi connectivity index (χ1v) is 7.95. The summed E-state index contributed by atoms with van der Waals surface area (Å²) in [5.41, 5.74) is 1.99. The Balaban J connectivity index is 1.84. The molecule has 0 radical (unpaired) electrons. The molecule has 6 heteroatoms. The van der Waals surface area contributed by atoms with Crippen LogP contribution in [0.5, 0.6) is 0 Å². The summed E-state index contributed by atoms with van der Waals surface area (Å²) in [6.07, 6.45) is 0. The van der Waals surface area contributed by atoms with Crippen LogP contribution in [-0.4, -0.2) is 4.92 Å². The normalized spacial score (nSPS) is 10.7. The average Bonchev–Trinajstić information content (AvgIpc) is 2.89. The summed E-state index contributed by atoms with van der Waals surface area (Å²) in [4.78, 5) is 10.4.